The van der Waals surface area contributed by atoms with Crippen molar-refractivity contribution >= 4 is 23.6 Å². The number of carbonyl (C=O) groups excluding carboxylic acids is 1. The van der Waals surface area contributed by atoms with Gasteiger partial charge >= 0.3 is 12.3 Å². The molecule has 0 aliphatic carbocycles. The van der Waals surface area contributed by atoms with Crippen LogP contribution >= 0.6 is 0 Å². The van der Waals surface area contributed by atoms with Crippen LogP contribution in [0.4, 0.5) is 18.9 Å². The third-order valence-corrected chi connectivity index (χ3v) is 5.51. The van der Waals surface area contributed by atoms with E-state index >= 15 is 0 Å². The molecule has 0 saturated heterocycles. The SMILES string of the molecule is CCN1C(=O)CC(C)(C)c2cc(C)c(-c3cc(C=CC(=O)O)ccc3OC(F)(F)F)cc21. The van der Waals surface area contributed by atoms with Crippen LogP contribution < -0.4 is 9.64 Å². The number of carboxylic acids is 1. The third kappa shape index (κ3) is 4.79. The number of ether oxygens (including phenoxy) is 1. The summed E-state index contributed by atoms with van der Waals surface area (Å²) in [5, 5.41) is 8.88. The number of hydrogen-bond donors (Lipinski definition) is 1. The Labute approximate surface area is 184 Å². The maximum Gasteiger partial charge on any atom is 0.573 e. The summed E-state index contributed by atoms with van der Waals surface area (Å²) < 4.78 is 43.5. The molecule has 0 unspecified atom stereocenters. The Morgan fingerprint density at radius 2 is 1.91 bits per heavy atom. The summed E-state index contributed by atoms with van der Waals surface area (Å²) in [7, 11) is 0. The lowest BCUT2D eigenvalue weighted by Gasteiger charge is -2.39. The zero-order chi connectivity index (χ0) is 23.8. The highest BCUT2D eigenvalue weighted by Crippen LogP contribution is 2.45. The summed E-state index contributed by atoms with van der Waals surface area (Å²) in [6.45, 7) is 7.99. The number of rotatable bonds is 5. The lowest BCUT2D eigenvalue weighted by Crippen LogP contribution is -2.41. The summed E-state index contributed by atoms with van der Waals surface area (Å²) in [6, 6.07) is 7.58. The van der Waals surface area contributed by atoms with Crippen molar-refractivity contribution in [2.24, 2.45) is 0 Å². The molecule has 1 N–H and O–H groups in total. The number of aliphatic carboxylic acids is 1. The second-order valence-corrected chi connectivity index (χ2v) is 8.36. The van der Waals surface area contributed by atoms with E-state index in [1.807, 2.05) is 26.8 Å². The minimum atomic E-state index is -4.90. The van der Waals surface area contributed by atoms with Crippen molar-refractivity contribution in [2.45, 2.75) is 45.9 Å². The summed E-state index contributed by atoms with van der Waals surface area (Å²) in [5.41, 5.74) is 2.92. The summed E-state index contributed by atoms with van der Waals surface area (Å²) >= 11 is 0. The summed E-state index contributed by atoms with van der Waals surface area (Å²) in [6.07, 6.45) is -2.36. The fourth-order valence-corrected chi connectivity index (χ4v) is 4.04. The lowest BCUT2D eigenvalue weighted by atomic mass is 9.75. The normalized spacial score (nSPS) is 15.7. The van der Waals surface area contributed by atoms with Gasteiger partial charge in [-0.05, 0) is 60.4 Å². The molecule has 0 radical (unpaired) electrons. The number of carbonyl (C=O) groups is 2. The number of anilines is 1. The average Bonchev–Trinajstić information content (AvgIpc) is 2.66. The fraction of sp³-hybridized carbons (Fsp3) is 0.333. The number of alkyl halides is 3. The first-order valence-corrected chi connectivity index (χ1v) is 10.1. The Balaban J connectivity index is 2.25. The van der Waals surface area contributed by atoms with Crippen molar-refractivity contribution in [3.8, 4) is 16.9 Å². The molecule has 1 heterocycles. The van der Waals surface area contributed by atoms with E-state index in [1.54, 1.807) is 17.9 Å². The van der Waals surface area contributed by atoms with Gasteiger partial charge in [0.15, 0.2) is 0 Å². The molecule has 1 aliphatic heterocycles. The predicted molar refractivity (Wildman–Crippen MR) is 116 cm³/mol. The maximum absolute atomic E-state index is 13.1. The van der Waals surface area contributed by atoms with Gasteiger partial charge in [-0.25, -0.2) is 4.79 Å². The quantitative estimate of drug-likeness (QED) is 0.598. The van der Waals surface area contributed by atoms with Crippen LogP contribution in [0.25, 0.3) is 17.2 Å². The van der Waals surface area contributed by atoms with Crippen LogP contribution in [0.2, 0.25) is 0 Å². The fourth-order valence-electron chi connectivity index (χ4n) is 4.04. The predicted octanol–water partition coefficient (Wildman–Crippen LogP) is 5.69. The number of nitrogens with zero attached hydrogens (tertiary/aromatic N) is 1. The van der Waals surface area contributed by atoms with E-state index in [9.17, 15) is 22.8 Å². The third-order valence-electron chi connectivity index (χ3n) is 5.51. The van der Waals surface area contributed by atoms with E-state index in [0.29, 0.717) is 35.3 Å². The molecule has 1 aliphatic rings. The van der Waals surface area contributed by atoms with Gasteiger partial charge in [0, 0.05) is 35.7 Å². The van der Waals surface area contributed by atoms with Crippen molar-refractivity contribution in [1.29, 1.82) is 0 Å². The van der Waals surface area contributed by atoms with Gasteiger partial charge in [0.2, 0.25) is 5.91 Å². The monoisotopic (exact) mass is 447 g/mol. The first-order chi connectivity index (χ1) is 14.8. The molecule has 0 bridgehead atoms. The molecule has 0 fully saturated rings. The minimum absolute atomic E-state index is 0.0512. The van der Waals surface area contributed by atoms with Crippen molar-refractivity contribution in [3.63, 3.8) is 0 Å². The summed E-state index contributed by atoms with van der Waals surface area (Å²) in [5.74, 6) is -1.63. The number of amides is 1. The van der Waals surface area contributed by atoms with Crippen LogP contribution in [0, 0.1) is 6.92 Å². The Bertz CT molecular complexity index is 1100. The summed E-state index contributed by atoms with van der Waals surface area (Å²) in [4.78, 5) is 25.2. The number of fused-ring (bicyclic) bond motifs is 1. The molecule has 8 heteroatoms. The number of halogens is 3. The largest absolute Gasteiger partial charge is 0.573 e. The zero-order valence-corrected chi connectivity index (χ0v) is 18.2. The van der Waals surface area contributed by atoms with E-state index in [2.05, 4.69) is 4.74 Å². The van der Waals surface area contributed by atoms with Gasteiger partial charge in [-0.1, -0.05) is 26.0 Å². The topological polar surface area (TPSA) is 66.8 Å². The molecule has 0 spiro atoms. The van der Waals surface area contributed by atoms with Crippen molar-refractivity contribution in [2.75, 3.05) is 11.4 Å². The lowest BCUT2D eigenvalue weighted by molar-refractivity contribution is -0.274. The van der Waals surface area contributed by atoms with Crippen LogP contribution in [0.1, 0.15) is 43.9 Å². The number of hydrogen-bond acceptors (Lipinski definition) is 3. The number of carboxylic acid groups (broad SMARTS) is 1. The Hall–Kier alpha value is -3.29. The van der Waals surface area contributed by atoms with Crippen molar-refractivity contribution in [3.05, 3.63) is 53.1 Å². The van der Waals surface area contributed by atoms with Crippen molar-refractivity contribution in [1.82, 2.24) is 0 Å². The Morgan fingerprint density at radius 1 is 1.22 bits per heavy atom. The molecule has 5 nitrogen and oxygen atoms in total. The zero-order valence-electron chi connectivity index (χ0n) is 18.2. The number of aryl methyl sites for hydroxylation is 1. The highest BCUT2D eigenvalue weighted by molar-refractivity contribution is 5.99. The molecule has 0 atom stereocenters. The molecule has 170 valence electrons. The van der Waals surface area contributed by atoms with Gasteiger partial charge < -0.3 is 14.7 Å². The van der Waals surface area contributed by atoms with E-state index < -0.39 is 23.5 Å². The molecule has 0 aromatic heterocycles. The first-order valence-electron chi connectivity index (χ1n) is 10.1. The van der Waals surface area contributed by atoms with E-state index in [4.69, 9.17) is 5.11 Å². The van der Waals surface area contributed by atoms with Crippen molar-refractivity contribution < 1.29 is 32.6 Å². The minimum Gasteiger partial charge on any atom is -0.478 e. The average molecular weight is 447 g/mol. The van der Waals surface area contributed by atoms with Gasteiger partial charge in [-0.15, -0.1) is 13.2 Å². The second-order valence-electron chi connectivity index (χ2n) is 8.36. The molecule has 32 heavy (non-hydrogen) atoms. The smallest absolute Gasteiger partial charge is 0.478 e. The highest BCUT2D eigenvalue weighted by Gasteiger charge is 2.37. The van der Waals surface area contributed by atoms with Gasteiger partial charge in [-0.3, -0.25) is 4.79 Å². The molecular formula is C24H24F3NO4. The van der Waals surface area contributed by atoms with Gasteiger partial charge in [-0.2, -0.15) is 0 Å². The van der Waals surface area contributed by atoms with Crippen LogP contribution in [-0.4, -0.2) is 29.9 Å². The van der Waals surface area contributed by atoms with Crippen LogP contribution in [0.15, 0.2) is 36.4 Å². The van der Waals surface area contributed by atoms with Gasteiger partial charge in [0.25, 0.3) is 0 Å². The first kappa shape index (κ1) is 23.4. The Morgan fingerprint density at radius 3 is 2.50 bits per heavy atom. The molecular weight excluding hydrogens is 423 g/mol. The molecule has 2 aromatic rings. The number of benzene rings is 2. The standard InChI is InChI=1S/C24H24F3NO4/c1-5-28-19-12-16(14(2)10-18(19)23(3,4)13-21(28)29)17-11-15(7-9-22(30)31)6-8-20(17)32-24(25,26)27/h6-12H,5,13H2,1-4H3,(H,30,31). The molecule has 0 saturated carbocycles. The van der Waals surface area contributed by atoms with Gasteiger partial charge in [0.1, 0.15) is 5.75 Å². The van der Waals surface area contributed by atoms with E-state index in [-0.39, 0.29) is 11.5 Å². The van der Waals surface area contributed by atoms with Crippen LogP contribution in [0.3, 0.4) is 0 Å². The van der Waals surface area contributed by atoms with E-state index in [0.717, 1.165) is 17.7 Å². The highest BCUT2D eigenvalue weighted by atomic mass is 19.4. The molecule has 2 aromatic carbocycles. The van der Waals surface area contributed by atoms with Crippen LogP contribution in [0.5, 0.6) is 5.75 Å². The van der Waals surface area contributed by atoms with Gasteiger partial charge in [0.05, 0.1) is 0 Å². The molecule has 3 rings (SSSR count). The Kier molecular flexibility index (Phi) is 6.09. The molecule has 1 amide bonds. The van der Waals surface area contributed by atoms with Crippen LogP contribution in [-0.2, 0) is 15.0 Å². The van der Waals surface area contributed by atoms with E-state index in [1.165, 1.54) is 18.2 Å². The maximum atomic E-state index is 13.1. The second kappa shape index (κ2) is 8.33.